The molecule has 1 saturated heterocycles. The Hall–Kier alpha value is -2.11. The number of carbonyl (C=O) groups excluding carboxylic acids is 2. The Kier molecular flexibility index (Phi) is 5.23. The summed E-state index contributed by atoms with van der Waals surface area (Å²) in [5, 5.41) is 2.93. The first-order chi connectivity index (χ1) is 10.7. The number of rotatable bonds is 3. The topological polar surface area (TPSA) is 71.5 Å². The minimum Gasteiger partial charge on any atom is -0.444 e. The van der Waals surface area contributed by atoms with Crippen LogP contribution < -0.4 is 10.2 Å². The fourth-order valence-electron chi connectivity index (χ4n) is 2.59. The molecule has 6 heteroatoms. The number of amides is 1. The largest absolute Gasteiger partial charge is 0.444 e. The van der Waals surface area contributed by atoms with Gasteiger partial charge in [-0.1, -0.05) is 0 Å². The van der Waals surface area contributed by atoms with Crippen LogP contribution in [0, 0.1) is 0 Å². The Balaban J connectivity index is 1.95. The van der Waals surface area contributed by atoms with Crippen molar-refractivity contribution in [1.82, 2.24) is 10.3 Å². The van der Waals surface area contributed by atoms with E-state index in [0.29, 0.717) is 12.2 Å². The van der Waals surface area contributed by atoms with E-state index in [1.807, 2.05) is 26.8 Å². The molecule has 0 spiro atoms. The number of carbonyl (C=O) groups is 2. The number of pyridine rings is 1. The first-order valence-corrected chi connectivity index (χ1v) is 7.96. The molecule has 126 valence electrons. The second-order valence-electron chi connectivity index (χ2n) is 6.89. The highest BCUT2D eigenvalue weighted by Crippen LogP contribution is 2.20. The van der Waals surface area contributed by atoms with Gasteiger partial charge in [0.1, 0.15) is 11.3 Å². The zero-order chi connectivity index (χ0) is 17.0. The van der Waals surface area contributed by atoms with Crippen molar-refractivity contribution in [2.75, 3.05) is 18.0 Å². The molecule has 0 aromatic carbocycles. The maximum atomic E-state index is 11.9. The summed E-state index contributed by atoms with van der Waals surface area (Å²) in [6.07, 6.45) is 3.24. The molecule has 0 saturated carbocycles. The summed E-state index contributed by atoms with van der Waals surface area (Å²) >= 11 is 0. The number of Topliss-reactive ketones (excluding diaryl/α,β-unsaturated/α-hetero) is 1. The molecule has 0 aliphatic carbocycles. The maximum Gasteiger partial charge on any atom is 0.407 e. The third kappa shape index (κ3) is 5.23. The molecule has 1 atom stereocenters. The number of ketones is 1. The Morgan fingerprint density at radius 1 is 1.35 bits per heavy atom. The highest BCUT2D eigenvalue weighted by Gasteiger charge is 2.24. The van der Waals surface area contributed by atoms with Gasteiger partial charge in [0.25, 0.3) is 0 Å². The molecule has 1 aliphatic heterocycles. The summed E-state index contributed by atoms with van der Waals surface area (Å²) in [6, 6.07) is 3.69. The molecule has 23 heavy (non-hydrogen) atoms. The van der Waals surface area contributed by atoms with Crippen molar-refractivity contribution >= 4 is 17.6 Å². The monoisotopic (exact) mass is 319 g/mol. The molecular weight excluding hydrogens is 294 g/mol. The SMILES string of the molecule is CC(=O)c1ccc(N2CCC[C@@H](NC(=O)OC(C)(C)C)C2)cn1. The molecule has 2 rings (SSSR count). The van der Waals surface area contributed by atoms with Crippen molar-refractivity contribution in [3.8, 4) is 0 Å². The molecule has 1 amide bonds. The van der Waals surface area contributed by atoms with E-state index in [1.165, 1.54) is 6.92 Å². The van der Waals surface area contributed by atoms with Gasteiger partial charge >= 0.3 is 6.09 Å². The molecule has 1 aliphatic rings. The molecule has 6 nitrogen and oxygen atoms in total. The fourth-order valence-corrected chi connectivity index (χ4v) is 2.59. The van der Waals surface area contributed by atoms with Crippen molar-refractivity contribution in [1.29, 1.82) is 0 Å². The van der Waals surface area contributed by atoms with E-state index >= 15 is 0 Å². The average molecular weight is 319 g/mol. The van der Waals surface area contributed by atoms with Crippen molar-refractivity contribution in [2.24, 2.45) is 0 Å². The standard InChI is InChI=1S/C17H25N3O3/c1-12(21)15-8-7-14(10-18-15)20-9-5-6-13(11-20)19-16(22)23-17(2,3)4/h7-8,10,13H,5-6,9,11H2,1-4H3,(H,19,22)/t13-/m1/s1. The molecule has 1 aromatic rings. The van der Waals surface area contributed by atoms with E-state index in [4.69, 9.17) is 4.74 Å². The summed E-state index contributed by atoms with van der Waals surface area (Å²) in [5.41, 5.74) is 0.935. The third-order valence-corrected chi connectivity index (χ3v) is 3.62. The van der Waals surface area contributed by atoms with Crippen LogP contribution in [0.3, 0.4) is 0 Å². The summed E-state index contributed by atoms with van der Waals surface area (Å²) in [4.78, 5) is 29.5. The van der Waals surface area contributed by atoms with Crippen molar-refractivity contribution < 1.29 is 14.3 Å². The predicted molar refractivity (Wildman–Crippen MR) is 88.8 cm³/mol. The lowest BCUT2D eigenvalue weighted by Crippen LogP contribution is -2.49. The normalized spacial score (nSPS) is 18.4. The molecule has 1 aromatic heterocycles. The zero-order valence-corrected chi connectivity index (χ0v) is 14.3. The van der Waals surface area contributed by atoms with Gasteiger partial charge < -0.3 is 15.0 Å². The summed E-state index contributed by atoms with van der Waals surface area (Å²) in [6.45, 7) is 8.67. The first-order valence-electron chi connectivity index (χ1n) is 7.96. The Bertz CT molecular complexity index is 563. The number of hydrogen-bond acceptors (Lipinski definition) is 5. The van der Waals surface area contributed by atoms with Gasteiger partial charge in [-0.2, -0.15) is 0 Å². The third-order valence-electron chi connectivity index (χ3n) is 3.62. The molecule has 0 unspecified atom stereocenters. The number of ether oxygens (including phenoxy) is 1. The van der Waals surface area contributed by atoms with Crippen molar-refractivity contribution in [3.05, 3.63) is 24.0 Å². The van der Waals surface area contributed by atoms with Gasteiger partial charge in [-0.15, -0.1) is 0 Å². The quantitative estimate of drug-likeness (QED) is 0.867. The highest BCUT2D eigenvalue weighted by atomic mass is 16.6. The van der Waals surface area contributed by atoms with Gasteiger partial charge in [-0.3, -0.25) is 9.78 Å². The molecule has 0 bridgehead atoms. The number of alkyl carbamates (subject to hydrolysis) is 1. The maximum absolute atomic E-state index is 11.9. The van der Waals surface area contributed by atoms with Gasteiger partial charge in [0, 0.05) is 26.1 Å². The van der Waals surface area contributed by atoms with Gasteiger partial charge in [0.05, 0.1) is 11.9 Å². The Morgan fingerprint density at radius 3 is 2.65 bits per heavy atom. The van der Waals surface area contributed by atoms with Crippen LogP contribution in [-0.4, -0.2) is 41.6 Å². The minimum absolute atomic E-state index is 0.0420. The van der Waals surface area contributed by atoms with E-state index in [0.717, 1.165) is 25.1 Å². The van der Waals surface area contributed by atoms with Gasteiger partial charge in [-0.25, -0.2) is 4.79 Å². The number of aromatic nitrogens is 1. The van der Waals surface area contributed by atoms with Crippen molar-refractivity contribution in [2.45, 2.75) is 52.2 Å². The Morgan fingerprint density at radius 2 is 2.09 bits per heavy atom. The van der Waals surface area contributed by atoms with Crippen LogP contribution >= 0.6 is 0 Å². The molecule has 1 fully saturated rings. The average Bonchev–Trinajstić information content (AvgIpc) is 2.45. The van der Waals surface area contributed by atoms with E-state index in [-0.39, 0.29) is 17.9 Å². The van der Waals surface area contributed by atoms with E-state index < -0.39 is 5.60 Å². The second kappa shape index (κ2) is 6.98. The van der Waals surface area contributed by atoms with Crippen LogP contribution in [0.25, 0.3) is 0 Å². The number of anilines is 1. The summed E-state index contributed by atoms with van der Waals surface area (Å²) in [7, 11) is 0. The highest BCUT2D eigenvalue weighted by molar-refractivity contribution is 5.92. The van der Waals surface area contributed by atoms with Crippen LogP contribution in [0.15, 0.2) is 18.3 Å². The molecule has 0 radical (unpaired) electrons. The number of nitrogens with zero attached hydrogens (tertiary/aromatic N) is 2. The molecule has 1 N–H and O–H groups in total. The van der Waals surface area contributed by atoms with Crippen LogP contribution in [0.1, 0.15) is 51.0 Å². The number of piperidine rings is 1. The van der Waals surface area contributed by atoms with Crippen molar-refractivity contribution in [3.63, 3.8) is 0 Å². The van der Waals surface area contributed by atoms with E-state index in [1.54, 1.807) is 12.3 Å². The zero-order valence-electron chi connectivity index (χ0n) is 14.3. The van der Waals surface area contributed by atoms with Crippen LogP contribution in [0.5, 0.6) is 0 Å². The van der Waals surface area contributed by atoms with Crippen LogP contribution in [0.2, 0.25) is 0 Å². The van der Waals surface area contributed by atoms with Gasteiger partial charge in [0.2, 0.25) is 0 Å². The molecular formula is C17H25N3O3. The first kappa shape index (κ1) is 17.2. The smallest absolute Gasteiger partial charge is 0.407 e. The van der Waals surface area contributed by atoms with E-state index in [9.17, 15) is 9.59 Å². The Labute approximate surface area is 137 Å². The number of nitrogens with one attached hydrogen (secondary N) is 1. The van der Waals surface area contributed by atoms with Crippen LogP contribution in [-0.2, 0) is 4.74 Å². The van der Waals surface area contributed by atoms with E-state index in [2.05, 4.69) is 15.2 Å². The second-order valence-corrected chi connectivity index (χ2v) is 6.89. The lowest BCUT2D eigenvalue weighted by Gasteiger charge is -2.34. The number of hydrogen-bond donors (Lipinski definition) is 1. The van der Waals surface area contributed by atoms with Gasteiger partial charge in [0.15, 0.2) is 5.78 Å². The lowest BCUT2D eigenvalue weighted by molar-refractivity contribution is 0.0500. The lowest BCUT2D eigenvalue weighted by atomic mass is 10.1. The minimum atomic E-state index is -0.495. The summed E-state index contributed by atoms with van der Waals surface area (Å²) in [5.74, 6) is -0.0420. The van der Waals surface area contributed by atoms with Gasteiger partial charge in [-0.05, 0) is 45.7 Å². The molecule has 2 heterocycles. The van der Waals surface area contributed by atoms with Crippen LogP contribution in [0.4, 0.5) is 10.5 Å². The predicted octanol–water partition coefficient (Wildman–Crippen LogP) is 2.78. The fraction of sp³-hybridized carbons (Fsp3) is 0.588. The summed E-state index contributed by atoms with van der Waals surface area (Å²) < 4.78 is 5.31.